The number of aryl methyl sites for hydroxylation is 1. The van der Waals surface area contributed by atoms with Crippen LogP contribution in [0.15, 0.2) is 12.1 Å². The summed E-state index contributed by atoms with van der Waals surface area (Å²) in [6.45, 7) is 0. The highest BCUT2D eigenvalue weighted by Crippen LogP contribution is 2.28. The third kappa shape index (κ3) is 1.41. The fourth-order valence-electron chi connectivity index (χ4n) is 1.52. The van der Waals surface area contributed by atoms with E-state index in [9.17, 15) is 4.79 Å². The minimum Gasteiger partial charge on any atom is -0.478 e. The van der Waals surface area contributed by atoms with Gasteiger partial charge in [-0.2, -0.15) is 5.10 Å². The predicted molar refractivity (Wildman–Crippen MR) is 57.1 cm³/mol. The highest BCUT2D eigenvalue weighted by Gasteiger charge is 2.16. The van der Waals surface area contributed by atoms with E-state index in [1.807, 2.05) is 0 Å². The van der Waals surface area contributed by atoms with Gasteiger partial charge in [-0.15, -0.1) is 0 Å². The minimum absolute atomic E-state index is 0.0723. The Morgan fingerprint density at radius 1 is 1.60 bits per heavy atom. The van der Waals surface area contributed by atoms with Gasteiger partial charge in [0.2, 0.25) is 0 Å². The molecule has 0 aliphatic heterocycles. The average Bonchev–Trinajstić information content (AvgIpc) is 2.41. The summed E-state index contributed by atoms with van der Waals surface area (Å²) in [4.78, 5) is 11.0. The highest BCUT2D eigenvalue weighted by molar-refractivity contribution is 6.35. The van der Waals surface area contributed by atoms with Crippen molar-refractivity contribution in [1.82, 2.24) is 9.78 Å². The summed E-state index contributed by atoms with van der Waals surface area (Å²) < 4.78 is 1.50. The van der Waals surface area contributed by atoms with Crippen molar-refractivity contribution in [2.45, 2.75) is 0 Å². The van der Waals surface area contributed by atoms with Crippen molar-refractivity contribution in [2.24, 2.45) is 7.05 Å². The fourth-order valence-corrected chi connectivity index (χ4v) is 1.84. The SMILES string of the molecule is Cn1nc(Cl)c2c(C(=O)O)cc(N)cc21. The molecule has 6 heteroatoms. The van der Waals surface area contributed by atoms with Crippen LogP contribution in [0.4, 0.5) is 5.69 Å². The number of hydrogen-bond acceptors (Lipinski definition) is 3. The van der Waals surface area contributed by atoms with Crippen LogP contribution in [0.2, 0.25) is 5.15 Å². The number of rotatable bonds is 1. The summed E-state index contributed by atoms with van der Waals surface area (Å²) in [6.07, 6.45) is 0. The van der Waals surface area contributed by atoms with Gasteiger partial charge in [-0.3, -0.25) is 4.68 Å². The predicted octanol–water partition coefficient (Wildman–Crippen LogP) is 1.51. The Morgan fingerprint density at radius 2 is 2.27 bits per heavy atom. The lowest BCUT2D eigenvalue weighted by Gasteiger charge is -2.00. The summed E-state index contributed by atoms with van der Waals surface area (Å²) >= 11 is 5.84. The van der Waals surface area contributed by atoms with E-state index in [0.717, 1.165) is 0 Å². The van der Waals surface area contributed by atoms with Crippen molar-refractivity contribution in [3.63, 3.8) is 0 Å². The lowest BCUT2D eigenvalue weighted by molar-refractivity contribution is 0.0699. The van der Waals surface area contributed by atoms with E-state index in [2.05, 4.69) is 5.10 Å². The molecule has 0 atom stereocenters. The van der Waals surface area contributed by atoms with E-state index in [0.29, 0.717) is 16.6 Å². The zero-order chi connectivity index (χ0) is 11.2. The average molecular weight is 226 g/mol. The number of nitrogens with zero attached hydrogens (tertiary/aromatic N) is 2. The van der Waals surface area contributed by atoms with Gasteiger partial charge in [-0.05, 0) is 12.1 Å². The van der Waals surface area contributed by atoms with Gasteiger partial charge in [-0.25, -0.2) is 4.79 Å². The summed E-state index contributed by atoms with van der Waals surface area (Å²) in [5.74, 6) is -1.07. The van der Waals surface area contributed by atoms with Gasteiger partial charge in [-0.1, -0.05) is 11.6 Å². The molecular weight excluding hydrogens is 218 g/mol. The molecule has 78 valence electrons. The summed E-state index contributed by atoms with van der Waals surface area (Å²) in [5.41, 5.74) is 6.65. The van der Waals surface area contributed by atoms with Crippen molar-refractivity contribution in [3.05, 3.63) is 22.8 Å². The molecule has 0 aliphatic rings. The molecular formula is C9H8ClN3O2. The molecule has 0 aliphatic carbocycles. The van der Waals surface area contributed by atoms with E-state index in [-0.39, 0.29) is 10.7 Å². The maximum Gasteiger partial charge on any atom is 0.336 e. The Bertz CT molecular complexity index is 562. The number of hydrogen-bond donors (Lipinski definition) is 2. The van der Waals surface area contributed by atoms with Crippen molar-refractivity contribution in [2.75, 3.05) is 5.73 Å². The minimum atomic E-state index is -1.07. The largest absolute Gasteiger partial charge is 0.478 e. The van der Waals surface area contributed by atoms with Crippen LogP contribution in [0.25, 0.3) is 10.9 Å². The standard InChI is InChI=1S/C9H8ClN3O2/c1-13-6-3-4(11)2-5(9(14)15)7(6)8(10)12-13/h2-3H,11H2,1H3,(H,14,15). The van der Waals surface area contributed by atoms with Crippen LogP contribution in [-0.4, -0.2) is 20.9 Å². The molecule has 2 aromatic rings. The third-order valence-electron chi connectivity index (χ3n) is 2.16. The number of anilines is 1. The van der Waals surface area contributed by atoms with Gasteiger partial charge in [0, 0.05) is 12.7 Å². The summed E-state index contributed by atoms with van der Waals surface area (Å²) in [5, 5.41) is 13.5. The second-order valence-electron chi connectivity index (χ2n) is 3.18. The second kappa shape index (κ2) is 3.13. The number of benzene rings is 1. The van der Waals surface area contributed by atoms with E-state index >= 15 is 0 Å². The fraction of sp³-hybridized carbons (Fsp3) is 0.111. The van der Waals surface area contributed by atoms with E-state index in [1.54, 1.807) is 13.1 Å². The molecule has 0 bridgehead atoms. The van der Waals surface area contributed by atoms with Crippen LogP contribution < -0.4 is 5.73 Å². The topological polar surface area (TPSA) is 81.1 Å². The molecule has 2 rings (SSSR count). The first kappa shape index (κ1) is 9.79. The number of aromatic carboxylic acids is 1. The molecule has 0 radical (unpaired) electrons. The molecule has 5 nitrogen and oxygen atoms in total. The molecule has 1 heterocycles. The molecule has 0 fully saturated rings. The maximum absolute atomic E-state index is 11.0. The Balaban J connectivity index is 2.96. The van der Waals surface area contributed by atoms with Crippen LogP contribution in [0.5, 0.6) is 0 Å². The number of carboxylic acid groups (broad SMARTS) is 1. The zero-order valence-electron chi connectivity index (χ0n) is 7.86. The van der Waals surface area contributed by atoms with E-state index in [1.165, 1.54) is 10.7 Å². The van der Waals surface area contributed by atoms with Crippen LogP contribution >= 0.6 is 11.6 Å². The van der Waals surface area contributed by atoms with Crippen molar-refractivity contribution in [3.8, 4) is 0 Å². The maximum atomic E-state index is 11.0. The Kier molecular flexibility index (Phi) is 2.04. The van der Waals surface area contributed by atoms with Crippen molar-refractivity contribution < 1.29 is 9.90 Å². The number of nitrogens with two attached hydrogens (primary N) is 1. The van der Waals surface area contributed by atoms with Crippen molar-refractivity contribution in [1.29, 1.82) is 0 Å². The van der Waals surface area contributed by atoms with Crippen LogP contribution in [0.1, 0.15) is 10.4 Å². The van der Waals surface area contributed by atoms with Crippen LogP contribution in [0, 0.1) is 0 Å². The van der Waals surface area contributed by atoms with Crippen LogP contribution in [-0.2, 0) is 7.05 Å². The highest BCUT2D eigenvalue weighted by atomic mass is 35.5. The Morgan fingerprint density at radius 3 is 2.87 bits per heavy atom. The number of carbonyl (C=O) groups is 1. The lowest BCUT2D eigenvalue weighted by atomic mass is 10.1. The molecule has 3 N–H and O–H groups in total. The van der Waals surface area contributed by atoms with E-state index in [4.69, 9.17) is 22.4 Å². The normalized spacial score (nSPS) is 10.8. The summed E-state index contributed by atoms with van der Waals surface area (Å²) in [6, 6.07) is 3.01. The number of halogens is 1. The lowest BCUT2D eigenvalue weighted by Crippen LogP contribution is -1.99. The molecule has 0 saturated carbocycles. The van der Waals surface area contributed by atoms with Gasteiger partial charge in [0.15, 0.2) is 5.15 Å². The van der Waals surface area contributed by atoms with Gasteiger partial charge < -0.3 is 10.8 Å². The zero-order valence-corrected chi connectivity index (χ0v) is 8.62. The third-order valence-corrected chi connectivity index (χ3v) is 2.43. The van der Waals surface area contributed by atoms with E-state index < -0.39 is 5.97 Å². The van der Waals surface area contributed by atoms with Gasteiger partial charge >= 0.3 is 5.97 Å². The Labute approximate surface area is 90.0 Å². The Hall–Kier alpha value is -1.75. The first-order chi connectivity index (χ1) is 7.00. The molecule has 1 aromatic carbocycles. The second-order valence-corrected chi connectivity index (χ2v) is 3.54. The number of fused-ring (bicyclic) bond motifs is 1. The van der Waals surface area contributed by atoms with Gasteiger partial charge in [0.25, 0.3) is 0 Å². The van der Waals surface area contributed by atoms with Gasteiger partial charge in [0.05, 0.1) is 16.5 Å². The van der Waals surface area contributed by atoms with Gasteiger partial charge in [0.1, 0.15) is 0 Å². The number of carboxylic acids is 1. The summed E-state index contributed by atoms with van der Waals surface area (Å²) in [7, 11) is 1.68. The number of aromatic nitrogens is 2. The number of nitrogen functional groups attached to an aromatic ring is 1. The van der Waals surface area contributed by atoms with Crippen LogP contribution in [0.3, 0.4) is 0 Å². The first-order valence-electron chi connectivity index (χ1n) is 4.15. The molecule has 1 aromatic heterocycles. The smallest absolute Gasteiger partial charge is 0.336 e. The quantitative estimate of drug-likeness (QED) is 0.721. The molecule has 0 amide bonds. The molecule has 0 saturated heterocycles. The first-order valence-corrected chi connectivity index (χ1v) is 4.53. The molecule has 0 spiro atoms. The van der Waals surface area contributed by atoms with Crippen molar-refractivity contribution >= 4 is 34.2 Å². The molecule has 0 unspecified atom stereocenters. The monoisotopic (exact) mass is 225 g/mol. The molecule has 15 heavy (non-hydrogen) atoms.